The van der Waals surface area contributed by atoms with Crippen LogP contribution in [0.3, 0.4) is 0 Å². The molecule has 0 aliphatic carbocycles. The van der Waals surface area contributed by atoms with E-state index in [4.69, 9.17) is 4.42 Å². The zero-order valence-corrected chi connectivity index (χ0v) is 13.6. The van der Waals surface area contributed by atoms with Crippen LogP contribution in [0.2, 0.25) is 0 Å². The number of aromatic nitrogens is 2. The first-order valence-electron chi connectivity index (χ1n) is 7.23. The molecule has 1 aliphatic rings. The first-order valence-corrected chi connectivity index (χ1v) is 8.99. The lowest BCUT2D eigenvalue weighted by Gasteiger charge is -2.34. The van der Waals surface area contributed by atoms with Crippen molar-refractivity contribution >= 4 is 27.8 Å². The van der Waals surface area contributed by atoms with Crippen LogP contribution < -0.4 is 4.90 Å². The quantitative estimate of drug-likeness (QED) is 0.734. The fourth-order valence-electron chi connectivity index (χ4n) is 2.59. The highest BCUT2D eigenvalue weighted by atomic mass is 32.1. The van der Waals surface area contributed by atoms with Gasteiger partial charge in [-0.05, 0) is 11.4 Å². The fraction of sp³-hybridized carbons (Fsp3) is 0.333. The minimum atomic E-state index is 0.728. The van der Waals surface area contributed by atoms with Crippen LogP contribution in [0.25, 0.3) is 10.8 Å². The van der Waals surface area contributed by atoms with Gasteiger partial charge in [0, 0.05) is 44.3 Å². The Bertz CT molecular complexity index is 700. The molecule has 1 saturated heterocycles. The third-order valence-electron chi connectivity index (χ3n) is 3.73. The summed E-state index contributed by atoms with van der Waals surface area (Å²) in [7, 11) is 0. The highest BCUT2D eigenvalue weighted by molar-refractivity contribution is 7.13. The lowest BCUT2D eigenvalue weighted by molar-refractivity contribution is 0.247. The molecular formula is C15H16N4OS2. The average molecular weight is 332 g/mol. The number of piperazine rings is 1. The summed E-state index contributed by atoms with van der Waals surface area (Å²) in [6, 6.07) is 4.05. The molecule has 114 valence electrons. The fourth-order valence-corrected chi connectivity index (χ4v) is 3.94. The van der Waals surface area contributed by atoms with E-state index in [1.165, 1.54) is 0 Å². The number of oxazole rings is 1. The third-order valence-corrected chi connectivity index (χ3v) is 5.42. The normalized spacial score (nSPS) is 16.3. The summed E-state index contributed by atoms with van der Waals surface area (Å²) in [5.74, 6) is 0.728. The molecule has 4 heterocycles. The molecule has 0 amide bonds. The minimum Gasteiger partial charge on any atom is -0.444 e. The average Bonchev–Trinajstić information content (AvgIpc) is 3.30. The topological polar surface area (TPSA) is 45.4 Å². The number of hydrogen-bond donors (Lipinski definition) is 0. The van der Waals surface area contributed by atoms with E-state index in [0.29, 0.717) is 0 Å². The van der Waals surface area contributed by atoms with Gasteiger partial charge in [0.1, 0.15) is 6.26 Å². The van der Waals surface area contributed by atoms with Crippen LogP contribution in [0.5, 0.6) is 0 Å². The molecule has 7 heteroatoms. The summed E-state index contributed by atoms with van der Waals surface area (Å²) in [6.45, 7) is 4.94. The van der Waals surface area contributed by atoms with Crippen LogP contribution in [0.15, 0.2) is 39.8 Å². The van der Waals surface area contributed by atoms with Crippen molar-refractivity contribution in [2.75, 3.05) is 31.1 Å². The molecule has 0 spiro atoms. The Hall–Kier alpha value is -1.70. The van der Waals surface area contributed by atoms with Gasteiger partial charge in [0.2, 0.25) is 5.89 Å². The molecule has 3 aromatic rings. The van der Waals surface area contributed by atoms with Crippen LogP contribution in [0.4, 0.5) is 5.13 Å². The molecule has 0 bridgehead atoms. The lowest BCUT2D eigenvalue weighted by Crippen LogP contribution is -2.45. The van der Waals surface area contributed by atoms with E-state index >= 15 is 0 Å². The van der Waals surface area contributed by atoms with Crippen molar-refractivity contribution in [1.29, 1.82) is 0 Å². The molecule has 22 heavy (non-hydrogen) atoms. The van der Waals surface area contributed by atoms with Crippen molar-refractivity contribution < 1.29 is 4.42 Å². The van der Waals surface area contributed by atoms with E-state index in [1.54, 1.807) is 28.9 Å². The molecule has 0 aromatic carbocycles. The van der Waals surface area contributed by atoms with Gasteiger partial charge in [-0.15, -0.1) is 22.7 Å². The SMILES string of the molecule is c1csc(-c2nc(CN3CCN(c4nccs4)CC3)co2)c1. The maximum Gasteiger partial charge on any atom is 0.236 e. The summed E-state index contributed by atoms with van der Waals surface area (Å²) >= 11 is 3.36. The first kappa shape index (κ1) is 13.9. The van der Waals surface area contributed by atoms with E-state index in [2.05, 4.69) is 19.8 Å². The third kappa shape index (κ3) is 2.92. The molecule has 3 aromatic heterocycles. The standard InChI is InChI=1S/C15H16N4OS2/c1-2-13(21-8-1)14-17-12(11-20-14)10-18-4-6-19(7-5-18)15-16-3-9-22-15/h1-3,8-9,11H,4-7,10H2. The predicted molar refractivity (Wildman–Crippen MR) is 89.4 cm³/mol. The monoisotopic (exact) mass is 332 g/mol. The summed E-state index contributed by atoms with van der Waals surface area (Å²) in [5.41, 5.74) is 1.01. The largest absolute Gasteiger partial charge is 0.444 e. The number of thiazole rings is 1. The maximum absolute atomic E-state index is 5.58. The zero-order chi connectivity index (χ0) is 14.8. The van der Waals surface area contributed by atoms with E-state index in [1.807, 2.05) is 29.1 Å². The molecule has 0 radical (unpaired) electrons. The van der Waals surface area contributed by atoms with Crippen LogP contribution in [0, 0.1) is 0 Å². The molecule has 1 fully saturated rings. The van der Waals surface area contributed by atoms with Crippen LogP contribution >= 0.6 is 22.7 Å². The Kier molecular flexibility index (Phi) is 3.92. The van der Waals surface area contributed by atoms with Crippen molar-refractivity contribution in [2.45, 2.75) is 6.54 Å². The van der Waals surface area contributed by atoms with Crippen LogP contribution in [0.1, 0.15) is 5.69 Å². The van der Waals surface area contributed by atoms with Crippen LogP contribution in [-0.4, -0.2) is 41.0 Å². The smallest absolute Gasteiger partial charge is 0.236 e. The Labute approximate surface area is 136 Å². The predicted octanol–water partition coefficient (Wildman–Crippen LogP) is 3.18. The Morgan fingerprint density at radius 2 is 2.05 bits per heavy atom. The molecule has 0 unspecified atom stereocenters. The van der Waals surface area contributed by atoms with Crippen molar-refractivity contribution in [3.63, 3.8) is 0 Å². The molecule has 0 atom stereocenters. The van der Waals surface area contributed by atoms with Crippen LogP contribution in [-0.2, 0) is 6.54 Å². The summed E-state index contributed by atoms with van der Waals surface area (Å²) in [5, 5.41) is 5.20. The Balaban J connectivity index is 1.35. The van der Waals surface area contributed by atoms with E-state index in [-0.39, 0.29) is 0 Å². The van der Waals surface area contributed by atoms with Gasteiger partial charge in [-0.1, -0.05) is 6.07 Å². The maximum atomic E-state index is 5.58. The van der Waals surface area contributed by atoms with E-state index in [9.17, 15) is 0 Å². The van der Waals surface area contributed by atoms with Gasteiger partial charge in [-0.2, -0.15) is 0 Å². The first-order chi connectivity index (χ1) is 10.9. The second kappa shape index (κ2) is 6.20. The molecule has 5 nitrogen and oxygen atoms in total. The van der Waals surface area contributed by atoms with Crippen molar-refractivity contribution in [3.8, 4) is 10.8 Å². The molecule has 1 aliphatic heterocycles. The number of rotatable bonds is 4. The van der Waals surface area contributed by atoms with Gasteiger partial charge in [-0.3, -0.25) is 4.90 Å². The van der Waals surface area contributed by atoms with Gasteiger partial charge < -0.3 is 9.32 Å². The summed E-state index contributed by atoms with van der Waals surface area (Å²) in [4.78, 5) is 14.8. The molecule has 4 rings (SSSR count). The lowest BCUT2D eigenvalue weighted by atomic mass is 10.3. The second-order valence-corrected chi connectivity index (χ2v) is 7.02. The molecule has 0 saturated carbocycles. The van der Waals surface area contributed by atoms with Crippen molar-refractivity contribution in [2.24, 2.45) is 0 Å². The highest BCUT2D eigenvalue weighted by Gasteiger charge is 2.19. The van der Waals surface area contributed by atoms with Gasteiger partial charge in [0.25, 0.3) is 0 Å². The molecule has 0 N–H and O–H groups in total. The summed E-state index contributed by atoms with van der Waals surface area (Å²) < 4.78 is 5.58. The van der Waals surface area contributed by atoms with Crippen molar-refractivity contribution in [3.05, 3.63) is 41.0 Å². The Morgan fingerprint density at radius 3 is 2.77 bits per heavy atom. The van der Waals surface area contributed by atoms with E-state index < -0.39 is 0 Å². The van der Waals surface area contributed by atoms with Gasteiger partial charge in [0.15, 0.2) is 5.13 Å². The van der Waals surface area contributed by atoms with Gasteiger partial charge in [-0.25, -0.2) is 9.97 Å². The van der Waals surface area contributed by atoms with Gasteiger partial charge in [0.05, 0.1) is 10.6 Å². The Morgan fingerprint density at radius 1 is 1.14 bits per heavy atom. The highest BCUT2D eigenvalue weighted by Crippen LogP contribution is 2.24. The van der Waals surface area contributed by atoms with Crippen molar-refractivity contribution in [1.82, 2.24) is 14.9 Å². The minimum absolute atomic E-state index is 0.728. The second-order valence-electron chi connectivity index (χ2n) is 5.20. The number of anilines is 1. The zero-order valence-electron chi connectivity index (χ0n) is 12.0. The van der Waals surface area contributed by atoms with E-state index in [0.717, 1.165) is 54.3 Å². The number of hydrogen-bond acceptors (Lipinski definition) is 7. The number of thiophene rings is 1. The number of nitrogens with zero attached hydrogens (tertiary/aromatic N) is 4. The van der Waals surface area contributed by atoms with Gasteiger partial charge >= 0.3 is 0 Å². The molecular weight excluding hydrogens is 316 g/mol. The summed E-state index contributed by atoms with van der Waals surface area (Å²) in [6.07, 6.45) is 3.65.